The normalized spacial score (nSPS) is 19.5. The molecule has 2 aromatic carbocycles. The Labute approximate surface area is 179 Å². The number of likely N-dealkylation sites (tertiary alicyclic amines) is 1. The van der Waals surface area contributed by atoms with Crippen molar-refractivity contribution in [1.29, 1.82) is 0 Å². The van der Waals surface area contributed by atoms with Crippen molar-refractivity contribution in [2.75, 3.05) is 13.1 Å². The first-order valence-corrected chi connectivity index (χ1v) is 10.5. The predicted octanol–water partition coefficient (Wildman–Crippen LogP) is 3.97. The van der Waals surface area contributed by atoms with Gasteiger partial charge >= 0.3 is 0 Å². The highest BCUT2D eigenvalue weighted by atomic mass is 35.5. The summed E-state index contributed by atoms with van der Waals surface area (Å²) < 4.78 is 1.68. The van der Waals surface area contributed by atoms with Gasteiger partial charge in [0.25, 0.3) is 5.56 Å². The molecule has 1 aliphatic rings. The predicted molar refractivity (Wildman–Crippen MR) is 118 cm³/mol. The highest BCUT2D eigenvalue weighted by Crippen LogP contribution is 2.31. The molecule has 2 aromatic heterocycles. The highest BCUT2D eigenvalue weighted by molar-refractivity contribution is 6.30. The Morgan fingerprint density at radius 1 is 1.10 bits per heavy atom. The molecule has 1 fully saturated rings. The number of fused-ring (bicyclic) bond motifs is 1. The van der Waals surface area contributed by atoms with Gasteiger partial charge in [0.2, 0.25) is 0 Å². The van der Waals surface area contributed by atoms with Crippen LogP contribution in [0.15, 0.2) is 65.6 Å². The van der Waals surface area contributed by atoms with Crippen LogP contribution in [0.4, 0.5) is 0 Å². The van der Waals surface area contributed by atoms with Crippen molar-refractivity contribution < 1.29 is 0 Å². The molecule has 0 bridgehead atoms. The first-order valence-electron chi connectivity index (χ1n) is 10.1. The average Bonchev–Trinajstić information content (AvgIpc) is 3.34. The molecule has 0 saturated carbocycles. The first-order chi connectivity index (χ1) is 14.6. The third kappa shape index (κ3) is 3.53. The Morgan fingerprint density at radius 3 is 2.63 bits per heavy atom. The van der Waals surface area contributed by atoms with E-state index in [9.17, 15) is 4.79 Å². The second kappa shape index (κ2) is 7.70. The molecule has 1 aliphatic heterocycles. The Hall–Kier alpha value is -2.96. The van der Waals surface area contributed by atoms with Gasteiger partial charge in [-0.15, -0.1) is 0 Å². The van der Waals surface area contributed by atoms with E-state index in [1.54, 1.807) is 10.7 Å². The van der Waals surface area contributed by atoms with Crippen LogP contribution in [-0.4, -0.2) is 37.6 Å². The maximum Gasteiger partial charge on any atom is 0.276 e. The number of nitrogens with one attached hydrogen (secondary N) is 1. The van der Waals surface area contributed by atoms with Crippen molar-refractivity contribution in [3.05, 3.63) is 87.6 Å². The molecular weight excluding hydrogens is 398 g/mol. The fourth-order valence-corrected chi connectivity index (χ4v) is 4.39. The number of hydrogen-bond donors (Lipinski definition) is 1. The molecule has 5 rings (SSSR count). The number of aromatic amines is 1. The minimum absolute atomic E-state index is 0.153. The molecular formula is C23H22ClN5O. The van der Waals surface area contributed by atoms with E-state index in [1.807, 2.05) is 42.5 Å². The van der Waals surface area contributed by atoms with Crippen molar-refractivity contribution in [2.45, 2.75) is 19.4 Å². The molecule has 7 heteroatoms. The number of benzene rings is 2. The summed E-state index contributed by atoms with van der Waals surface area (Å²) in [5.74, 6) is 1.93. The molecule has 2 atom stereocenters. The van der Waals surface area contributed by atoms with Crippen molar-refractivity contribution in [1.82, 2.24) is 24.5 Å². The molecule has 0 radical (unpaired) electrons. The number of nitrogens with zero attached hydrogens (tertiary/aromatic N) is 4. The molecule has 0 aliphatic carbocycles. The summed E-state index contributed by atoms with van der Waals surface area (Å²) in [6.45, 7) is 4.85. The standard InChI is InChI=1S/C23H22ClN5O/c1-15-12-28(13-16-7-9-18(24)10-8-16)14-19(15)21-26-23(30)20-11-25-22(29(20)27-21)17-5-3-2-4-6-17/h2-11,15,19H,12-14H2,1H3,(H,26,27,30). The van der Waals surface area contributed by atoms with E-state index in [0.29, 0.717) is 23.1 Å². The van der Waals surface area contributed by atoms with E-state index in [4.69, 9.17) is 16.7 Å². The van der Waals surface area contributed by atoms with Crippen molar-refractivity contribution in [3.8, 4) is 11.4 Å². The number of aromatic nitrogens is 4. The fourth-order valence-electron chi connectivity index (χ4n) is 4.27. The monoisotopic (exact) mass is 419 g/mol. The number of H-pyrrole nitrogens is 1. The lowest BCUT2D eigenvalue weighted by Gasteiger charge is -2.16. The van der Waals surface area contributed by atoms with Crippen LogP contribution in [0, 0.1) is 5.92 Å². The number of hydrogen-bond acceptors (Lipinski definition) is 4. The van der Waals surface area contributed by atoms with Crippen LogP contribution in [0.1, 0.15) is 24.2 Å². The van der Waals surface area contributed by atoms with Crippen LogP contribution in [0.2, 0.25) is 5.02 Å². The maximum atomic E-state index is 12.7. The van der Waals surface area contributed by atoms with Gasteiger partial charge in [0.15, 0.2) is 11.3 Å². The molecule has 1 N–H and O–H groups in total. The van der Waals surface area contributed by atoms with Gasteiger partial charge in [0.05, 0.1) is 6.20 Å². The zero-order valence-electron chi connectivity index (χ0n) is 16.6. The zero-order valence-corrected chi connectivity index (χ0v) is 17.4. The van der Waals surface area contributed by atoms with Gasteiger partial charge in [-0.1, -0.05) is 61.0 Å². The minimum atomic E-state index is -0.155. The molecule has 2 unspecified atom stereocenters. The average molecular weight is 420 g/mol. The van der Waals surface area contributed by atoms with Gasteiger partial charge in [-0.05, 0) is 23.6 Å². The van der Waals surface area contributed by atoms with E-state index in [2.05, 4.69) is 33.9 Å². The van der Waals surface area contributed by atoms with Crippen LogP contribution < -0.4 is 5.56 Å². The number of rotatable bonds is 4. The van der Waals surface area contributed by atoms with E-state index >= 15 is 0 Å². The summed E-state index contributed by atoms with van der Waals surface area (Å²) >= 11 is 6.00. The summed E-state index contributed by atoms with van der Waals surface area (Å²) in [6, 6.07) is 17.8. The van der Waals surface area contributed by atoms with E-state index in [-0.39, 0.29) is 11.5 Å². The molecule has 3 heterocycles. The highest BCUT2D eigenvalue weighted by Gasteiger charge is 2.33. The molecule has 6 nitrogen and oxygen atoms in total. The van der Waals surface area contributed by atoms with Crippen LogP contribution in [0.3, 0.4) is 0 Å². The van der Waals surface area contributed by atoms with E-state index in [0.717, 1.165) is 30.2 Å². The van der Waals surface area contributed by atoms with E-state index < -0.39 is 0 Å². The summed E-state index contributed by atoms with van der Waals surface area (Å²) in [5.41, 5.74) is 2.47. The summed E-state index contributed by atoms with van der Waals surface area (Å²) in [6.07, 6.45) is 1.59. The van der Waals surface area contributed by atoms with Gasteiger partial charge in [0.1, 0.15) is 5.82 Å². The van der Waals surface area contributed by atoms with Gasteiger partial charge in [-0.25, -0.2) is 9.50 Å². The first kappa shape index (κ1) is 19.0. The third-order valence-electron chi connectivity index (χ3n) is 5.81. The zero-order chi connectivity index (χ0) is 20.7. The maximum absolute atomic E-state index is 12.7. The van der Waals surface area contributed by atoms with E-state index in [1.165, 1.54) is 5.56 Å². The van der Waals surface area contributed by atoms with Crippen LogP contribution >= 0.6 is 11.6 Å². The summed E-state index contributed by atoms with van der Waals surface area (Å²) in [4.78, 5) is 22.6. The lowest BCUT2D eigenvalue weighted by atomic mass is 9.97. The molecule has 30 heavy (non-hydrogen) atoms. The van der Waals surface area contributed by atoms with Gasteiger partial charge < -0.3 is 4.98 Å². The summed E-state index contributed by atoms with van der Waals surface area (Å²) in [7, 11) is 0. The Bertz CT molecular complexity index is 1230. The SMILES string of the molecule is CC1CN(Cc2ccc(Cl)cc2)CC1c1nn2c(-c3ccccc3)ncc2c(=O)[nH]1. The van der Waals surface area contributed by atoms with Crippen LogP contribution in [0.25, 0.3) is 16.9 Å². The van der Waals surface area contributed by atoms with Gasteiger partial charge in [-0.2, -0.15) is 5.10 Å². The lowest BCUT2D eigenvalue weighted by molar-refractivity contribution is 0.318. The minimum Gasteiger partial charge on any atom is -0.307 e. The van der Waals surface area contributed by atoms with Gasteiger partial charge in [0, 0.05) is 36.1 Å². The molecule has 0 spiro atoms. The topological polar surface area (TPSA) is 66.3 Å². The largest absolute Gasteiger partial charge is 0.307 e. The molecule has 4 aromatic rings. The Kier molecular flexibility index (Phi) is 4.89. The van der Waals surface area contributed by atoms with Crippen molar-refractivity contribution in [3.63, 3.8) is 0 Å². The molecule has 1 saturated heterocycles. The lowest BCUT2D eigenvalue weighted by Crippen LogP contribution is -2.23. The number of imidazole rings is 1. The Balaban J connectivity index is 1.45. The Morgan fingerprint density at radius 2 is 1.87 bits per heavy atom. The van der Waals surface area contributed by atoms with Crippen molar-refractivity contribution >= 4 is 17.1 Å². The second-order valence-corrected chi connectivity index (χ2v) is 8.43. The smallest absolute Gasteiger partial charge is 0.276 e. The third-order valence-corrected chi connectivity index (χ3v) is 6.06. The molecule has 152 valence electrons. The van der Waals surface area contributed by atoms with Crippen LogP contribution in [-0.2, 0) is 6.54 Å². The second-order valence-electron chi connectivity index (χ2n) is 7.99. The van der Waals surface area contributed by atoms with Crippen LogP contribution in [0.5, 0.6) is 0 Å². The summed E-state index contributed by atoms with van der Waals surface area (Å²) in [5, 5.41) is 5.56. The van der Waals surface area contributed by atoms with Crippen molar-refractivity contribution in [2.24, 2.45) is 5.92 Å². The van der Waals surface area contributed by atoms with Gasteiger partial charge in [-0.3, -0.25) is 9.69 Å². The number of halogens is 1. The fraction of sp³-hybridized carbons (Fsp3) is 0.261. The quantitative estimate of drug-likeness (QED) is 0.543. The molecule has 0 amide bonds.